The first-order valence-corrected chi connectivity index (χ1v) is 3.80. The third kappa shape index (κ3) is 5.67. The largest absolute Gasteiger partial charge is 0.381 e. The highest BCUT2D eigenvalue weighted by molar-refractivity contribution is 5.96. The standard InChI is InChI=1S/C7H15N3O2/c1-3-12-5-4-6(11)10-7(8)9-2/h3-5H2,1-2H3,(H3,8,9,10,11). The topological polar surface area (TPSA) is 76.7 Å². The van der Waals surface area contributed by atoms with Crippen LogP contribution < -0.4 is 11.1 Å². The van der Waals surface area contributed by atoms with Gasteiger partial charge in [-0.05, 0) is 6.92 Å². The maximum atomic E-state index is 10.9. The number of hydrogen-bond acceptors (Lipinski definition) is 3. The van der Waals surface area contributed by atoms with Crippen molar-refractivity contribution in [3.63, 3.8) is 0 Å². The van der Waals surface area contributed by atoms with Crippen molar-refractivity contribution < 1.29 is 9.53 Å². The molecule has 0 saturated carbocycles. The van der Waals surface area contributed by atoms with Crippen molar-refractivity contribution in [1.82, 2.24) is 5.32 Å². The van der Waals surface area contributed by atoms with Gasteiger partial charge in [0.25, 0.3) is 0 Å². The van der Waals surface area contributed by atoms with Crippen LogP contribution in [0.15, 0.2) is 4.99 Å². The lowest BCUT2D eigenvalue weighted by Crippen LogP contribution is -2.36. The Morgan fingerprint density at radius 3 is 2.83 bits per heavy atom. The fourth-order valence-electron chi connectivity index (χ4n) is 0.570. The molecular weight excluding hydrogens is 158 g/mol. The molecule has 0 bridgehead atoms. The van der Waals surface area contributed by atoms with E-state index in [1.54, 1.807) is 0 Å². The number of amides is 1. The molecule has 70 valence electrons. The minimum atomic E-state index is -0.174. The summed E-state index contributed by atoms with van der Waals surface area (Å²) in [7, 11) is 1.51. The molecular formula is C7H15N3O2. The van der Waals surface area contributed by atoms with E-state index in [4.69, 9.17) is 10.5 Å². The normalized spacial score (nSPS) is 11.3. The van der Waals surface area contributed by atoms with Gasteiger partial charge in [0.2, 0.25) is 5.91 Å². The van der Waals surface area contributed by atoms with Crippen molar-refractivity contribution >= 4 is 11.9 Å². The van der Waals surface area contributed by atoms with E-state index in [0.717, 1.165) is 0 Å². The number of rotatable bonds is 4. The Bertz CT molecular complexity index is 168. The van der Waals surface area contributed by atoms with Crippen molar-refractivity contribution in [3.05, 3.63) is 0 Å². The minimum absolute atomic E-state index is 0.136. The van der Waals surface area contributed by atoms with Crippen LogP contribution in [0.5, 0.6) is 0 Å². The molecule has 3 N–H and O–H groups in total. The third-order valence-corrected chi connectivity index (χ3v) is 1.19. The first kappa shape index (κ1) is 10.9. The second-order valence-corrected chi connectivity index (χ2v) is 2.10. The summed E-state index contributed by atoms with van der Waals surface area (Å²) in [6.07, 6.45) is 0.310. The highest BCUT2D eigenvalue weighted by atomic mass is 16.5. The number of nitrogens with zero attached hydrogens (tertiary/aromatic N) is 1. The van der Waals surface area contributed by atoms with E-state index in [1.807, 2.05) is 6.92 Å². The zero-order chi connectivity index (χ0) is 9.40. The molecule has 0 fully saturated rings. The average molecular weight is 173 g/mol. The van der Waals surface area contributed by atoms with Crippen molar-refractivity contribution in [1.29, 1.82) is 0 Å². The van der Waals surface area contributed by atoms with E-state index < -0.39 is 0 Å². The molecule has 5 nitrogen and oxygen atoms in total. The summed E-state index contributed by atoms with van der Waals surface area (Å²) in [5, 5.41) is 2.40. The predicted molar refractivity (Wildman–Crippen MR) is 46.8 cm³/mol. The second kappa shape index (κ2) is 6.60. The van der Waals surface area contributed by atoms with Crippen LogP contribution in [0.3, 0.4) is 0 Å². The lowest BCUT2D eigenvalue weighted by molar-refractivity contribution is -0.120. The third-order valence-electron chi connectivity index (χ3n) is 1.19. The number of nitrogens with two attached hydrogens (primary N) is 1. The summed E-state index contributed by atoms with van der Waals surface area (Å²) in [6.45, 7) is 2.91. The monoisotopic (exact) mass is 173 g/mol. The molecule has 0 spiro atoms. The molecule has 0 aliphatic carbocycles. The molecule has 0 heterocycles. The summed E-state index contributed by atoms with van der Waals surface area (Å²) in [5.74, 6) is -0.0388. The van der Waals surface area contributed by atoms with Crippen molar-refractivity contribution in [2.75, 3.05) is 20.3 Å². The fourth-order valence-corrected chi connectivity index (χ4v) is 0.570. The zero-order valence-corrected chi connectivity index (χ0v) is 7.46. The molecule has 5 heteroatoms. The average Bonchev–Trinajstić information content (AvgIpc) is 2.05. The summed E-state index contributed by atoms with van der Waals surface area (Å²) < 4.78 is 4.98. The first-order chi connectivity index (χ1) is 5.70. The van der Waals surface area contributed by atoms with E-state index >= 15 is 0 Å². The van der Waals surface area contributed by atoms with Crippen LogP contribution in [0.4, 0.5) is 0 Å². The highest BCUT2D eigenvalue weighted by Gasteiger charge is 2.00. The van der Waals surface area contributed by atoms with Crippen LogP contribution in [0, 0.1) is 0 Å². The van der Waals surface area contributed by atoms with Gasteiger partial charge in [0.1, 0.15) is 0 Å². The molecule has 0 aliphatic heterocycles. The van der Waals surface area contributed by atoms with Gasteiger partial charge in [-0.15, -0.1) is 0 Å². The Kier molecular flexibility index (Phi) is 6.00. The van der Waals surface area contributed by atoms with E-state index in [2.05, 4.69) is 10.3 Å². The number of aliphatic imine (C=N–C) groups is 1. The van der Waals surface area contributed by atoms with Crippen molar-refractivity contribution in [2.45, 2.75) is 13.3 Å². The predicted octanol–water partition coefficient (Wildman–Crippen LogP) is -0.526. The highest BCUT2D eigenvalue weighted by Crippen LogP contribution is 1.81. The molecule has 0 aliphatic rings. The van der Waals surface area contributed by atoms with Gasteiger partial charge in [0.15, 0.2) is 5.96 Å². The van der Waals surface area contributed by atoms with E-state index in [1.165, 1.54) is 7.05 Å². The van der Waals surface area contributed by atoms with Crippen LogP contribution in [0.25, 0.3) is 0 Å². The molecule has 0 saturated heterocycles. The molecule has 0 rings (SSSR count). The fraction of sp³-hybridized carbons (Fsp3) is 0.714. The Labute approximate surface area is 72.0 Å². The Hall–Kier alpha value is -1.10. The molecule has 0 aromatic carbocycles. The van der Waals surface area contributed by atoms with Crippen LogP contribution in [0.2, 0.25) is 0 Å². The Morgan fingerprint density at radius 1 is 1.67 bits per heavy atom. The number of nitrogens with one attached hydrogen (secondary N) is 1. The number of hydrogen-bond donors (Lipinski definition) is 2. The second-order valence-electron chi connectivity index (χ2n) is 2.10. The Morgan fingerprint density at radius 2 is 2.33 bits per heavy atom. The molecule has 0 aromatic rings. The maximum Gasteiger partial charge on any atom is 0.228 e. The van der Waals surface area contributed by atoms with Crippen LogP contribution in [-0.4, -0.2) is 32.1 Å². The van der Waals surface area contributed by atoms with Gasteiger partial charge in [-0.1, -0.05) is 0 Å². The molecule has 0 aromatic heterocycles. The number of carbonyl (C=O) groups excluding carboxylic acids is 1. The van der Waals surface area contributed by atoms with E-state index in [-0.39, 0.29) is 11.9 Å². The summed E-state index contributed by atoms with van der Waals surface area (Å²) >= 11 is 0. The SMILES string of the molecule is CCOCCC(=O)NC(N)=NC. The molecule has 0 atom stereocenters. The van der Waals surface area contributed by atoms with Gasteiger partial charge in [-0.2, -0.15) is 0 Å². The number of guanidine groups is 1. The molecule has 0 radical (unpaired) electrons. The smallest absolute Gasteiger partial charge is 0.228 e. The van der Waals surface area contributed by atoms with Crippen LogP contribution >= 0.6 is 0 Å². The quantitative estimate of drug-likeness (QED) is 0.341. The van der Waals surface area contributed by atoms with E-state index in [0.29, 0.717) is 19.6 Å². The van der Waals surface area contributed by atoms with Gasteiger partial charge in [0.05, 0.1) is 13.0 Å². The summed E-state index contributed by atoms with van der Waals surface area (Å²) in [5.41, 5.74) is 5.26. The minimum Gasteiger partial charge on any atom is -0.381 e. The lowest BCUT2D eigenvalue weighted by Gasteiger charge is -2.02. The van der Waals surface area contributed by atoms with Gasteiger partial charge in [-0.3, -0.25) is 15.1 Å². The summed E-state index contributed by atoms with van der Waals surface area (Å²) in [6, 6.07) is 0. The van der Waals surface area contributed by atoms with Gasteiger partial charge in [-0.25, -0.2) is 0 Å². The van der Waals surface area contributed by atoms with Gasteiger partial charge in [0, 0.05) is 13.7 Å². The molecule has 1 amide bonds. The number of ether oxygens (including phenoxy) is 1. The zero-order valence-electron chi connectivity index (χ0n) is 7.46. The van der Waals surface area contributed by atoms with Gasteiger partial charge < -0.3 is 10.5 Å². The van der Waals surface area contributed by atoms with Crippen LogP contribution in [0.1, 0.15) is 13.3 Å². The summed E-state index contributed by atoms with van der Waals surface area (Å²) in [4.78, 5) is 14.5. The van der Waals surface area contributed by atoms with Gasteiger partial charge >= 0.3 is 0 Å². The molecule has 0 unspecified atom stereocenters. The number of carbonyl (C=O) groups is 1. The van der Waals surface area contributed by atoms with E-state index in [9.17, 15) is 4.79 Å². The van der Waals surface area contributed by atoms with Crippen molar-refractivity contribution in [3.8, 4) is 0 Å². The first-order valence-electron chi connectivity index (χ1n) is 3.80. The van der Waals surface area contributed by atoms with Crippen molar-refractivity contribution in [2.24, 2.45) is 10.7 Å². The lowest BCUT2D eigenvalue weighted by atomic mass is 10.4. The Balaban J connectivity index is 3.47. The van der Waals surface area contributed by atoms with Crippen LogP contribution in [-0.2, 0) is 9.53 Å². The maximum absolute atomic E-state index is 10.9. The molecule has 12 heavy (non-hydrogen) atoms.